The van der Waals surface area contributed by atoms with Crippen LogP contribution in [0.2, 0.25) is 0 Å². The molecule has 0 bridgehead atoms. The van der Waals surface area contributed by atoms with Crippen LogP contribution in [0.1, 0.15) is 58.6 Å². The van der Waals surface area contributed by atoms with Gasteiger partial charge < -0.3 is 10.2 Å². The summed E-state index contributed by atoms with van der Waals surface area (Å²) >= 11 is 0. The summed E-state index contributed by atoms with van der Waals surface area (Å²) in [4.78, 5) is 23.5. The van der Waals surface area contributed by atoms with Gasteiger partial charge in [0.2, 0.25) is 0 Å². The topological polar surface area (TPSA) is 102 Å². The summed E-state index contributed by atoms with van der Waals surface area (Å²) in [5.41, 5.74) is 3.86. The first-order valence-electron chi connectivity index (χ1n) is 11.2. The summed E-state index contributed by atoms with van der Waals surface area (Å²) < 4.78 is 0. The number of anilines is 2. The molecule has 1 heterocycles. The molecule has 180 valence electrons. The fourth-order valence-electron chi connectivity index (χ4n) is 4.77. The van der Waals surface area contributed by atoms with Gasteiger partial charge in [0.05, 0.1) is 0 Å². The van der Waals surface area contributed by atoms with Gasteiger partial charge in [-0.2, -0.15) is 0 Å². The van der Waals surface area contributed by atoms with Crippen LogP contribution < -0.4 is 10.6 Å². The third-order valence-corrected chi connectivity index (χ3v) is 6.33. The number of benzene rings is 2. The average molecular weight is 456 g/mol. The van der Waals surface area contributed by atoms with Gasteiger partial charge in [0.25, 0.3) is 0 Å². The minimum absolute atomic E-state index is 0.376. The molecule has 4 N–H and O–H groups in total. The van der Waals surface area contributed by atoms with Crippen molar-refractivity contribution in [2.24, 2.45) is 5.92 Å². The Balaban J connectivity index is 0.000000273. The van der Waals surface area contributed by atoms with E-state index in [1.165, 1.54) is 12.8 Å². The summed E-state index contributed by atoms with van der Waals surface area (Å²) in [6, 6.07) is 14.2. The van der Waals surface area contributed by atoms with Crippen LogP contribution in [0.15, 0.2) is 48.5 Å². The van der Waals surface area contributed by atoms with Gasteiger partial charge >= 0.3 is 12.2 Å². The Morgan fingerprint density at radius 1 is 0.818 bits per heavy atom. The number of likely N-dealkylation sites (tertiary alicyclic amines) is 1. The molecule has 1 aliphatic rings. The highest BCUT2D eigenvalue weighted by Gasteiger charge is 2.41. The van der Waals surface area contributed by atoms with E-state index in [1.807, 2.05) is 24.3 Å². The molecule has 0 spiro atoms. The Kier molecular flexibility index (Phi) is 8.50. The van der Waals surface area contributed by atoms with Crippen molar-refractivity contribution in [2.45, 2.75) is 65.0 Å². The van der Waals surface area contributed by atoms with Crippen molar-refractivity contribution in [2.75, 3.05) is 17.7 Å². The number of nitrogens with one attached hydrogen (secondary N) is 2. The molecule has 0 atom stereocenters. The molecule has 2 aromatic carbocycles. The van der Waals surface area contributed by atoms with Crippen molar-refractivity contribution in [3.63, 3.8) is 0 Å². The van der Waals surface area contributed by atoms with E-state index in [0.29, 0.717) is 28.9 Å². The predicted molar refractivity (Wildman–Crippen MR) is 133 cm³/mol. The second kappa shape index (κ2) is 10.7. The van der Waals surface area contributed by atoms with E-state index < -0.39 is 12.2 Å². The van der Waals surface area contributed by atoms with E-state index in [4.69, 9.17) is 10.2 Å². The Labute approximate surface area is 196 Å². The number of amides is 2. The Morgan fingerprint density at radius 2 is 1.15 bits per heavy atom. The SMILES string of the molecule is CC1CC(C)(C)N(C)C(C)(C)C1.O=C(O)Nc1ccc(Cc2ccc(NC(=O)O)cc2)cc1. The molecule has 0 radical (unpaired) electrons. The zero-order valence-corrected chi connectivity index (χ0v) is 20.5. The molecular formula is C26H37N3O4. The summed E-state index contributed by atoms with van der Waals surface area (Å²) in [7, 11) is 2.26. The predicted octanol–water partition coefficient (Wildman–Crippen LogP) is 6.36. The zero-order chi connectivity index (χ0) is 24.8. The van der Waals surface area contributed by atoms with Crippen LogP contribution in [-0.4, -0.2) is 45.4 Å². The summed E-state index contributed by atoms with van der Waals surface area (Å²) in [6.45, 7) is 11.8. The van der Waals surface area contributed by atoms with Crippen molar-refractivity contribution in [3.8, 4) is 0 Å². The van der Waals surface area contributed by atoms with E-state index in [2.05, 4.69) is 57.2 Å². The Morgan fingerprint density at radius 3 is 1.45 bits per heavy atom. The van der Waals surface area contributed by atoms with Crippen molar-refractivity contribution < 1.29 is 19.8 Å². The first kappa shape index (κ1) is 26.2. The van der Waals surface area contributed by atoms with Crippen LogP contribution in [0.4, 0.5) is 21.0 Å². The number of carbonyl (C=O) groups is 2. The van der Waals surface area contributed by atoms with Crippen LogP contribution in [0, 0.1) is 5.92 Å². The van der Waals surface area contributed by atoms with Crippen molar-refractivity contribution in [1.82, 2.24) is 4.90 Å². The summed E-state index contributed by atoms with van der Waals surface area (Å²) in [6.07, 6.45) is 1.15. The van der Waals surface area contributed by atoms with Crippen molar-refractivity contribution in [3.05, 3.63) is 59.7 Å². The van der Waals surface area contributed by atoms with E-state index >= 15 is 0 Å². The van der Waals surface area contributed by atoms with Gasteiger partial charge in [-0.15, -0.1) is 0 Å². The van der Waals surface area contributed by atoms with Crippen LogP contribution in [-0.2, 0) is 6.42 Å². The van der Waals surface area contributed by atoms with Crippen LogP contribution in [0.3, 0.4) is 0 Å². The zero-order valence-electron chi connectivity index (χ0n) is 20.5. The maximum Gasteiger partial charge on any atom is 0.409 e. The van der Waals surface area contributed by atoms with Gasteiger partial charge in [0.1, 0.15) is 0 Å². The van der Waals surface area contributed by atoms with Gasteiger partial charge in [-0.3, -0.25) is 15.5 Å². The molecule has 1 fully saturated rings. The second-order valence-electron chi connectivity index (χ2n) is 10.1. The Hall–Kier alpha value is -3.06. The third kappa shape index (κ3) is 8.09. The maximum absolute atomic E-state index is 10.5. The molecule has 2 aromatic rings. The van der Waals surface area contributed by atoms with Crippen molar-refractivity contribution in [1.29, 1.82) is 0 Å². The quantitative estimate of drug-likeness (QED) is 0.429. The van der Waals surface area contributed by atoms with E-state index in [9.17, 15) is 9.59 Å². The molecule has 7 heteroatoms. The number of piperidine rings is 1. The lowest BCUT2D eigenvalue weighted by atomic mass is 9.75. The van der Waals surface area contributed by atoms with Gasteiger partial charge in [-0.25, -0.2) is 9.59 Å². The average Bonchev–Trinajstić information content (AvgIpc) is 2.68. The molecule has 2 amide bonds. The summed E-state index contributed by atoms with van der Waals surface area (Å²) in [5, 5.41) is 21.8. The number of hydrogen-bond donors (Lipinski definition) is 4. The smallest absolute Gasteiger partial charge is 0.409 e. The van der Waals surface area contributed by atoms with E-state index in [0.717, 1.165) is 17.0 Å². The number of nitrogens with zero attached hydrogens (tertiary/aromatic N) is 1. The fourth-order valence-corrected chi connectivity index (χ4v) is 4.77. The number of hydrogen-bond acceptors (Lipinski definition) is 3. The molecule has 1 aliphatic heterocycles. The molecular weight excluding hydrogens is 418 g/mol. The van der Waals surface area contributed by atoms with E-state index in [1.54, 1.807) is 24.3 Å². The minimum atomic E-state index is -1.09. The third-order valence-electron chi connectivity index (χ3n) is 6.33. The molecule has 0 aliphatic carbocycles. The molecule has 0 saturated carbocycles. The molecule has 7 nitrogen and oxygen atoms in total. The van der Waals surface area contributed by atoms with Crippen LogP contribution >= 0.6 is 0 Å². The fraction of sp³-hybridized carbons (Fsp3) is 0.462. The van der Waals surface area contributed by atoms with Gasteiger partial charge in [0, 0.05) is 22.5 Å². The van der Waals surface area contributed by atoms with Gasteiger partial charge in [-0.1, -0.05) is 31.2 Å². The second-order valence-corrected chi connectivity index (χ2v) is 10.1. The highest BCUT2D eigenvalue weighted by molar-refractivity contribution is 5.83. The highest BCUT2D eigenvalue weighted by Crippen LogP contribution is 2.39. The lowest BCUT2D eigenvalue weighted by molar-refractivity contribution is -0.0255. The Bertz CT molecular complexity index is 862. The molecule has 0 aromatic heterocycles. The normalized spacial score (nSPS) is 17.4. The number of carboxylic acid groups (broad SMARTS) is 2. The maximum atomic E-state index is 10.5. The first-order chi connectivity index (χ1) is 15.3. The van der Waals surface area contributed by atoms with Crippen molar-refractivity contribution >= 4 is 23.6 Å². The standard InChI is InChI=1S/C15H14N2O4.C11H23N/c18-14(19)16-12-5-1-10(2-6-12)9-11-3-7-13(8-4-11)17-15(20)21;1-9-7-10(2,3)12(6)11(4,5)8-9/h1-8,16-17H,9H2,(H,18,19)(H,20,21);9H,7-8H2,1-6H3. The van der Waals surface area contributed by atoms with Crippen LogP contribution in [0.5, 0.6) is 0 Å². The lowest BCUT2D eigenvalue weighted by Gasteiger charge is -2.53. The largest absolute Gasteiger partial charge is 0.465 e. The molecule has 1 saturated heterocycles. The molecule has 0 unspecified atom stereocenters. The van der Waals surface area contributed by atoms with Gasteiger partial charge in [-0.05, 0) is 95.3 Å². The molecule has 33 heavy (non-hydrogen) atoms. The van der Waals surface area contributed by atoms with Crippen LogP contribution in [0.25, 0.3) is 0 Å². The monoisotopic (exact) mass is 455 g/mol. The highest BCUT2D eigenvalue weighted by atomic mass is 16.4. The first-order valence-corrected chi connectivity index (χ1v) is 11.2. The summed E-state index contributed by atoms with van der Waals surface area (Å²) in [5.74, 6) is 0.867. The molecule has 3 rings (SSSR count). The van der Waals surface area contributed by atoms with E-state index in [-0.39, 0.29) is 0 Å². The number of rotatable bonds is 4. The van der Waals surface area contributed by atoms with Gasteiger partial charge in [0.15, 0.2) is 0 Å². The minimum Gasteiger partial charge on any atom is -0.465 e. The lowest BCUT2D eigenvalue weighted by Crippen LogP contribution is -2.58.